The van der Waals surface area contributed by atoms with E-state index in [9.17, 15) is 15.0 Å². The van der Waals surface area contributed by atoms with Crippen molar-refractivity contribution < 1.29 is 19.7 Å². The molecule has 1 aromatic carbocycles. The molecule has 0 aromatic heterocycles. The van der Waals surface area contributed by atoms with Crippen LogP contribution in [0, 0.1) is 27.6 Å². The lowest BCUT2D eigenvalue weighted by atomic mass is 9.35. The molecular weight excluding hydrogens is 500 g/mol. The average molecular weight is 549 g/mol. The maximum atomic E-state index is 12.9. The number of urea groups is 1. The lowest BCUT2D eigenvalue weighted by Gasteiger charge is -2.70. The largest absolute Gasteiger partial charge is 0.504 e. The van der Waals surface area contributed by atoms with Crippen LogP contribution in [0.4, 0.5) is 4.79 Å². The van der Waals surface area contributed by atoms with Gasteiger partial charge in [-0.25, -0.2) is 4.79 Å². The standard InChI is InChI=1S/C34H48N2O4/c1-22-23-7-8-26-32(4,24(23)19-25(37)28(22)38)12-14-34(6)27-20-30(2,9-10-31(27,3)11-13-33(26,34)5)21-35-29(39)36-15-17-40-18-16-36/h7-8,19,27,37-38H,1,9-18,20-21H2,2-6H3,(H,35,39)/t27-,30-,31-,32+,33-,34+/m1/s1. The third kappa shape index (κ3) is 3.80. The first-order chi connectivity index (χ1) is 18.8. The van der Waals surface area contributed by atoms with Crippen molar-refractivity contribution in [2.75, 3.05) is 32.8 Å². The normalized spacial score (nSPS) is 40.5. The van der Waals surface area contributed by atoms with Crippen LogP contribution >= 0.6 is 0 Å². The minimum atomic E-state index is -0.201. The second kappa shape index (κ2) is 9.01. The number of ether oxygens (including phenoxy) is 1. The summed E-state index contributed by atoms with van der Waals surface area (Å²) in [5.74, 6) is 0.371. The van der Waals surface area contributed by atoms with Crippen molar-refractivity contribution >= 4 is 18.7 Å². The van der Waals surface area contributed by atoms with Crippen LogP contribution in [0.15, 0.2) is 17.7 Å². The fraction of sp³-hybridized carbons (Fsp3) is 0.676. The Morgan fingerprint density at radius 2 is 1.73 bits per heavy atom. The lowest BCUT2D eigenvalue weighted by Crippen LogP contribution is -2.63. The summed E-state index contributed by atoms with van der Waals surface area (Å²) in [6, 6.07) is 1.84. The molecule has 40 heavy (non-hydrogen) atoms. The predicted octanol–water partition coefficient (Wildman–Crippen LogP) is 4.94. The fourth-order valence-electron chi connectivity index (χ4n) is 9.76. The molecule has 2 amide bonds. The smallest absolute Gasteiger partial charge is 0.317 e. The van der Waals surface area contributed by atoms with Crippen LogP contribution in [0.2, 0.25) is 0 Å². The molecule has 5 aliphatic rings. The minimum Gasteiger partial charge on any atom is -0.504 e. The Hall–Kier alpha value is -2.47. The van der Waals surface area contributed by atoms with E-state index in [0.29, 0.717) is 42.9 Å². The van der Waals surface area contributed by atoms with Crippen molar-refractivity contribution in [3.8, 4) is 11.5 Å². The fourth-order valence-corrected chi connectivity index (χ4v) is 9.76. The molecular formula is C34H48N2O4. The summed E-state index contributed by atoms with van der Waals surface area (Å²) >= 11 is 0. The maximum absolute atomic E-state index is 12.9. The number of nitrogens with zero attached hydrogens (tertiary/aromatic N) is 1. The molecule has 6 atom stereocenters. The van der Waals surface area contributed by atoms with Crippen LogP contribution in [-0.2, 0) is 10.2 Å². The van der Waals surface area contributed by atoms with Crippen molar-refractivity contribution in [1.29, 1.82) is 0 Å². The molecule has 4 fully saturated rings. The highest BCUT2D eigenvalue weighted by Gasteiger charge is 2.66. The summed E-state index contributed by atoms with van der Waals surface area (Å²) in [4.78, 5) is 14.8. The Bertz CT molecular complexity index is 1380. The Kier molecular flexibility index (Phi) is 6.24. The highest BCUT2D eigenvalue weighted by Crippen LogP contribution is 2.74. The van der Waals surface area contributed by atoms with E-state index in [0.717, 1.165) is 49.4 Å². The van der Waals surface area contributed by atoms with Crippen LogP contribution in [0.25, 0.3) is 12.7 Å². The van der Waals surface area contributed by atoms with Gasteiger partial charge in [0.05, 0.1) is 13.2 Å². The number of phenolic OH excluding ortho intramolecular Hbond substituents is 2. The van der Waals surface area contributed by atoms with Gasteiger partial charge < -0.3 is 25.2 Å². The quantitative estimate of drug-likeness (QED) is 0.457. The summed E-state index contributed by atoms with van der Waals surface area (Å²) in [5.41, 5.74) is 2.88. The van der Waals surface area contributed by atoms with Gasteiger partial charge in [0.15, 0.2) is 11.5 Å². The molecule has 1 saturated heterocycles. The molecule has 0 spiro atoms. The highest BCUT2D eigenvalue weighted by molar-refractivity contribution is 5.74. The number of carbonyl (C=O) groups is 1. The Balaban J connectivity index is 1.32. The number of fused-ring (bicyclic) bond motifs is 7. The Morgan fingerprint density at radius 3 is 2.45 bits per heavy atom. The van der Waals surface area contributed by atoms with Gasteiger partial charge >= 0.3 is 6.03 Å². The number of nitrogens with one attached hydrogen (secondary N) is 1. The van der Waals surface area contributed by atoms with E-state index in [2.05, 4.69) is 58.7 Å². The van der Waals surface area contributed by atoms with E-state index in [1.54, 1.807) is 6.07 Å². The van der Waals surface area contributed by atoms with Gasteiger partial charge in [-0.05, 0) is 89.4 Å². The first kappa shape index (κ1) is 27.7. The number of hydrogen-bond donors (Lipinski definition) is 3. The van der Waals surface area contributed by atoms with Gasteiger partial charge in [-0.1, -0.05) is 58.9 Å². The van der Waals surface area contributed by atoms with Gasteiger partial charge in [-0.3, -0.25) is 0 Å². The van der Waals surface area contributed by atoms with Crippen molar-refractivity contribution in [3.05, 3.63) is 33.7 Å². The molecule has 6 nitrogen and oxygen atoms in total. The molecule has 3 N–H and O–H groups in total. The number of rotatable bonds is 2. The highest BCUT2D eigenvalue weighted by atomic mass is 16.5. The van der Waals surface area contributed by atoms with Crippen molar-refractivity contribution in [2.45, 2.75) is 85.0 Å². The zero-order valence-corrected chi connectivity index (χ0v) is 25.2. The Labute approximate surface area is 239 Å². The zero-order valence-electron chi connectivity index (χ0n) is 25.2. The number of aromatic hydroxyl groups is 2. The third-order valence-corrected chi connectivity index (χ3v) is 12.8. The van der Waals surface area contributed by atoms with Gasteiger partial charge in [0.1, 0.15) is 0 Å². The lowest BCUT2D eigenvalue weighted by molar-refractivity contribution is -0.157. The van der Waals surface area contributed by atoms with Crippen LogP contribution in [0.3, 0.4) is 0 Å². The number of morpholine rings is 1. The number of phenols is 2. The van der Waals surface area contributed by atoms with Crippen LogP contribution in [0.1, 0.15) is 85.1 Å². The number of hydrogen-bond acceptors (Lipinski definition) is 4. The maximum Gasteiger partial charge on any atom is 0.317 e. The summed E-state index contributed by atoms with van der Waals surface area (Å²) < 4.78 is 5.43. The molecule has 1 aromatic rings. The van der Waals surface area contributed by atoms with Gasteiger partial charge in [0.25, 0.3) is 0 Å². The van der Waals surface area contributed by atoms with Crippen molar-refractivity contribution in [3.63, 3.8) is 0 Å². The predicted molar refractivity (Wildman–Crippen MR) is 158 cm³/mol. The van der Waals surface area contributed by atoms with Crippen LogP contribution in [-0.4, -0.2) is 54.0 Å². The molecule has 0 bridgehead atoms. The van der Waals surface area contributed by atoms with Gasteiger partial charge in [0, 0.05) is 30.3 Å². The number of allylic oxidation sites excluding steroid dienone is 2. The number of carbonyl (C=O) groups excluding carboxylic acids is 1. The van der Waals surface area contributed by atoms with E-state index in [4.69, 9.17) is 4.74 Å². The van der Waals surface area contributed by atoms with E-state index in [-0.39, 0.29) is 39.2 Å². The first-order valence-corrected chi connectivity index (χ1v) is 15.3. The molecule has 3 saturated carbocycles. The summed E-state index contributed by atoms with van der Waals surface area (Å²) in [6.45, 7) is 19.7. The van der Waals surface area contributed by atoms with Crippen LogP contribution < -0.4 is 15.8 Å². The first-order valence-electron chi connectivity index (χ1n) is 15.3. The zero-order chi connectivity index (χ0) is 28.7. The topological polar surface area (TPSA) is 82.0 Å². The summed E-state index contributed by atoms with van der Waals surface area (Å²) in [6.07, 6.45) is 12.4. The van der Waals surface area contributed by atoms with Gasteiger partial charge in [0.2, 0.25) is 0 Å². The molecule has 1 heterocycles. The molecule has 0 radical (unpaired) electrons. The van der Waals surface area contributed by atoms with E-state index < -0.39 is 0 Å². The molecule has 6 heteroatoms. The SMILES string of the molecule is C=c1c(O)c(O)cc2c1=CC=C1[C@@]2(C)CC[C@@]2(C)[C@@H]3C[C@](C)(CNC(=O)N4CCOCC4)CC[C@]3(C)CC[C@]12C. The van der Waals surface area contributed by atoms with Crippen LogP contribution in [0.5, 0.6) is 11.5 Å². The molecule has 6 rings (SSSR count). The number of benzene rings is 1. The second-order valence-electron chi connectivity index (χ2n) is 15.0. The molecule has 0 unspecified atom stereocenters. The van der Waals surface area contributed by atoms with E-state index >= 15 is 0 Å². The van der Waals surface area contributed by atoms with Gasteiger partial charge in [-0.2, -0.15) is 0 Å². The van der Waals surface area contributed by atoms with Crippen molar-refractivity contribution in [2.24, 2.45) is 27.6 Å². The monoisotopic (exact) mass is 548 g/mol. The number of amides is 2. The van der Waals surface area contributed by atoms with Gasteiger partial charge in [-0.15, -0.1) is 0 Å². The third-order valence-electron chi connectivity index (χ3n) is 12.8. The molecule has 4 aliphatic carbocycles. The molecule has 218 valence electrons. The second-order valence-corrected chi connectivity index (χ2v) is 15.0. The molecule has 1 aliphatic heterocycles. The Morgan fingerprint density at radius 1 is 1.02 bits per heavy atom. The summed E-state index contributed by atoms with van der Waals surface area (Å²) in [5, 5.41) is 25.7. The summed E-state index contributed by atoms with van der Waals surface area (Å²) in [7, 11) is 0. The minimum absolute atomic E-state index is 0.0164. The average Bonchev–Trinajstić information content (AvgIpc) is 2.94. The van der Waals surface area contributed by atoms with E-state index in [1.165, 1.54) is 18.4 Å². The van der Waals surface area contributed by atoms with Crippen molar-refractivity contribution in [1.82, 2.24) is 10.2 Å². The van der Waals surface area contributed by atoms with E-state index in [1.807, 2.05) is 4.90 Å².